The van der Waals surface area contributed by atoms with E-state index in [4.69, 9.17) is 5.26 Å². The van der Waals surface area contributed by atoms with Crippen LogP contribution in [0.25, 0.3) is 0 Å². The zero-order valence-corrected chi connectivity index (χ0v) is 10.0. The van der Waals surface area contributed by atoms with E-state index in [1.807, 2.05) is 13.0 Å². The van der Waals surface area contributed by atoms with E-state index in [0.717, 1.165) is 0 Å². The van der Waals surface area contributed by atoms with Crippen molar-refractivity contribution in [3.8, 4) is 6.07 Å². The molecule has 0 aliphatic heterocycles. The summed E-state index contributed by atoms with van der Waals surface area (Å²) in [5.41, 5.74) is 0.525. The van der Waals surface area contributed by atoms with Crippen molar-refractivity contribution in [2.45, 2.75) is 20.3 Å². The second-order valence-electron chi connectivity index (χ2n) is 3.73. The summed E-state index contributed by atoms with van der Waals surface area (Å²) < 4.78 is 13.8. The first-order chi connectivity index (χ1) is 8.11. The van der Waals surface area contributed by atoms with Gasteiger partial charge < -0.3 is 4.90 Å². The van der Waals surface area contributed by atoms with E-state index < -0.39 is 5.82 Å². The van der Waals surface area contributed by atoms with Crippen LogP contribution in [0.2, 0.25) is 0 Å². The van der Waals surface area contributed by atoms with Gasteiger partial charge in [-0.3, -0.25) is 4.79 Å². The van der Waals surface area contributed by atoms with Gasteiger partial charge in [0.1, 0.15) is 5.82 Å². The van der Waals surface area contributed by atoms with Gasteiger partial charge in [0.05, 0.1) is 18.1 Å². The van der Waals surface area contributed by atoms with Crippen LogP contribution in [-0.4, -0.2) is 23.9 Å². The highest BCUT2D eigenvalue weighted by Crippen LogP contribution is 2.14. The van der Waals surface area contributed by atoms with Crippen LogP contribution >= 0.6 is 0 Å². The summed E-state index contributed by atoms with van der Waals surface area (Å²) in [5, 5.41) is 8.50. The zero-order valence-electron chi connectivity index (χ0n) is 10.0. The Bertz CT molecular complexity index is 451. The van der Waals surface area contributed by atoms with E-state index in [9.17, 15) is 9.18 Å². The Kier molecular flexibility index (Phi) is 4.65. The van der Waals surface area contributed by atoms with Gasteiger partial charge in [-0.2, -0.15) is 5.26 Å². The zero-order chi connectivity index (χ0) is 12.8. The highest BCUT2D eigenvalue weighted by molar-refractivity contribution is 5.94. The van der Waals surface area contributed by atoms with Crippen molar-refractivity contribution in [3.63, 3.8) is 0 Å². The van der Waals surface area contributed by atoms with Gasteiger partial charge in [0, 0.05) is 13.1 Å². The van der Waals surface area contributed by atoms with E-state index in [1.165, 1.54) is 11.0 Å². The predicted molar refractivity (Wildman–Crippen MR) is 62.9 cm³/mol. The molecule has 4 heteroatoms. The van der Waals surface area contributed by atoms with E-state index in [1.54, 1.807) is 19.1 Å². The second-order valence-corrected chi connectivity index (χ2v) is 3.73. The van der Waals surface area contributed by atoms with E-state index in [0.29, 0.717) is 18.7 Å². The van der Waals surface area contributed by atoms with E-state index in [-0.39, 0.29) is 17.9 Å². The molecule has 3 nitrogen and oxygen atoms in total. The van der Waals surface area contributed by atoms with Crippen molar-refractivity contribution in [2.75, 3.05) is 13.1 Å². The largest absolute Gasteiger partial charge is 0.338 e. The third-order valence-electron chi connectivity index (χ3n) is 2.58. The van der Waals surface area contributed by atoms with Crippen LogP contribution < -0.4 is 0 Å². The summed E-state index contributed by atoms with van der Waals surface area (Å²) in [6.07, 6.45) is 0.257. The first-order valence-electron chi connectivity index (χ1n) is 5.53. The Balaban J connectivity index is 2.94. The molecule has 0 saturated heterocycles. The van der Waals surface area contributed by atoms with Crippen molar-refractivity contribution in [1.82, 2.24) is 4.90 Å². The molecule has 0 aliphatic rings. The Morgan fingerprint density at radius 3 is 2.82 bits per heavy atom. The first kappa shape index (κ1) is 13.2. The van der Waals surface area contributed by atoms with Gasteiger partial charge in [0.15, 0.2) is 0 Å². The van der Waals surface area contributed by atoms with Gasteiger partial charge in [-0.1, -0.05) is 12.1 Å². The number of carbonyl (C=O) groups is 1. The molecule has 1 amide bonds. The minimum absolute atomic E-state index is 0.0739. The number of aryl methyl sites for hydroxylation is 1. The Labute approximate surface area is 100 Å². The lowest BCUT2D eigenvalue weighted by Crippen LogP contribution is -2.32. The third-order valence-corrected chi connectivity index (χ3v) is 2.58. The van der Waals surface area contributed by atoms with Crippen LogP contribution in [0, 0.1) is 24.1 Å². The van der Waals surface area contributed by atoms with Crippen molar-refractivity contribution in [1.29, 1.82) is 5.26 Å². The quantitative estimate of drug-likeness (QED) is 0.803. The molecule has 0 unspecified atom stereocenters. The molecular weight excluding hydrogens is 219 g/mol. The van der Waals surface area contributed by atoms with Crippen molar-refractivity contribution < 1.29 is 9.18 Å². The van der Waals surface area contributed by atoms with Crippen LogP contribution in [-0.2, 0) is 0 Å². The lowest BCUT2D eigenvalue weighted by Gasteiger charge is -2.20. The number of amides is 1. The van der Waals surface area contributed by atoms with Gasteiger partial charge in [-0.25, -0.2) is 4.39 Å². The molecule has 0 N–H and O–H groups in total. The van der Waals surface area contributed by atoms with Crippen LogP contribution in [0.5, 0.6) is 0 Å². The number of benzene rings is 1. The lowest BCUT2D eigenvalue weighted by atomic mass is 10.1. The van der Waals surface area contributed by atoms with Gasteiger partial charge in [0.25, 0.3) is 5.91 Å². The highest BCUT2D eigenvalue weighted by Gasteiger charge is 2.18. The van der Waals surface area contributed by atoms with Gasteiger partial charge >= 0.3 is 0 Å². The summed E-state index contributed by atoms with van der Waals surface area (Å²) in [7, 11) is 0. The maximum Gasteiger partial charge on any atom is 0.256 e. The number of rotatable bonds is 4. The molecule has 0 heterocycles. The average molecular weight is 234 g/mol. The maximum absolute atomic E-state index is 13.8. The number of hydrogen-bond acceptors (Lipinski definition) is 2. The van der Waals surface area contributed by atoms with Crippen LogP contribution in [0.3, 0.4) is 0 Å². The summed E-state index contributed by atoms with van der Waals surface area (Å²) in [4.78, 5) is 13.5. The molecule has 1 aromatic rings. The SMILES string of the molecule is CCN(CCC#N)C(=O)c1cccc(C)c1F. The maximum atomic E-state index is 13.8. The normalized spacial score (nSPS) is 9.76. The second kappa shape index (κ2) is 6.00. The fourth-order valence-corrected chi connectivity index (χ4v) is 1.57. The fourth-order valence-electron chi connectivity index (χ4n) is 1.57. The van der Waals surface area contributed by atoms with E-state index in [2.05, 4.69) is 0 Å². The molecule has 0 aliphatic carbocycles. The molecule has 0 bridgehead atoms. The minimum atomic E-state index is -0.479. The molecule has 90 valence electrons. The molecule has 17 heavy (non-hydrogen) atoms. The van der Waals surface area contributed by atoms with E-state index >= 15 is 0 Å². The van der Waals surface area contributed by atoms with Crippen LogP contribution in [0.1, 0.15) is 29.3 Å². The molecule has 1 rings (SSSR count). The Hall–Kier alpha value is -1.89. The monoisotopic (exact) mass is 234 g/mol. The third kappa shape index (κ3) is 3.04. The molecule has 0 atom stereocenters. The minimum Gasteiger partial charge on any atom is -0.338 e. The van der Waals surface area contributed by atoms with Gasteiger partial charge in [-0.15, -0.1) is 0 Å². The smallest absolute Gasteiger partial charge is 0.256 e. The summed E-state index contributed by atoms with van der Waals surface area (Å²) in [6.45, 7) is 4.23. The summed E-state index contributed by atoms with van der Waals surface area (Å²) in [6, 6.07) is 6.73. The standard InChI is InChI=1S/C13H15FN2O/c1-3-16(9-5-8-15)13(17)11-7-4-6-10(2)12(11)14/h4,6-7H,3,5,9H2,1-2H3. The number of nitriles is 1. The molecule has 0 aromatic heterocycles. The molecule has 0 radical (unpaired) electrons. The Morgan fingerprint density at radius 1 is 1.53 bits per heavy atom. The number of carbonyl (C=O) groups excluding carboxylic acids is 1. The topological polar surface area (TPSA) is 44.1 Å². The van der Waals surface area contributed by atoms with Gasteiger partial charge in [0.2, 0.25) is 0 Å². The molecule has 0 saturated carbocycles. The first-order valence-corrected chi connectivity index (χ1v) is 5.53. The van der Waals surface area contributed by atoms with Crippen molar-refractivity contribution >= 4 is 5.91 Å². The number of nitrogens with zero attached hydrogens (tertiary/aromatic N) is 2. The van der Waals surface area contributed by atoms with Crippen LogP contribution in [0.15, 0.2) is 18.2 Å². The lowest BCUT2D eigenvalue weighted by molar-refractivity contribution is 0.0763. The highest BCUT2D eigenvalue weighted by atomic mass is 19.1. The fraction of sp³-hybridized carbons (Fsp3) is 0.385. The number of hydrogen-bond donors (Lipinski definition) is 0. The number of halogens is 1. The Morgan fingerprint density at radius 2 is 2.24 bits per heavy atom. The van der Waals surface area contributed by atoms with Crippen molar-refractivity contribution in [3.05, 3.63) is 35.1 Å². The van der Waals surface area contributed by atoms with Gasteiger partial charge in [-0.05, 0) is 25.5 Å². The van der Waals surface area contributed by atoms with Crippen molar-refractivity contribution in [2.24, 2.45) is 0 Å². The predicted octanol–water partition coefficient (Wildman–Crippen LogP) is 2.51. The van der Waals surface area contributed by atoms with Crippen LogP contribution in [0.4, 0.5) is 4.39 Å². The molecular formula is C13H15FN2O. The molecule has 0 fully saturated rings. The molecule has 0 spiro atoms. The summed E-state index contributed by atoms with van der Waals surface area (Å²) in [5.74, 6) is -0.836. The average Bonchev–Trinajstić information content (AvgIpc) is 2.33. The summed E-state index contributed by atoms with van der Waals surface area (Å²) >= 11 is 0. The molecule has 1 aromatic carbocycles.